The molecule has 1 aromatic carbocycles. The van der Waals surface area contributed by atoms with Crippen molar-refractivity contribution in [2.24, 2.45) is 0 Å². The Kier molecular flexibility index (Phi) is 5.17. The number of halogens is 1. The third kappa shape index (κ3) is 3.59. The predicted octanol–water partition coefficient (Wildman–Crippen LogP) is 4.76. The molecule has 0 atom stereocenters. The predicted molar refractivity (Wildman–Crippen MR) is 108 cm³/mol. The number of hydrogen-bond donors (Lipinski definition) is 0. The van der Waals surface area contributed by atoms with Gasteiger partial charge >= 0.3 is 0 Å². The number of methoxy groups -OCH3 is 1. The summed E-state index contributed by atoms with van der Waals surface area (Å²) in [4.78, 5) is 16.0. The molecule has 0 spiro atoms. The molecule has 3 heterocycles. The van der Waals surface area contributed by atoms with E-state index in [0.29, 0.717) is 5.92 Å². The molecule has 1 aliphatic heterocycles. The van der Waals surface area contributed by atoms with Crippen LogP contribution in [0.2, 0.25) is 0 Å². The molecule has 2 aromatic heterocycles. The molecule has 0 amide bonds. The lowest BCUT2D eigenvalue weighted by Crippen LogP contribution is -2.34. The minimum Gasteiger partial charge on any atom is -0.496 e. The van der Waals surface area contributed by atoms with Gasteiger partial charge < -0.3 is 9.64 Å². The molecule has 0 N–H and O–H groups in total. The van der Waals surface area contributed by atoms with Crippen molar-refractivity contribution in [3.05, 3.63) is 51.5 Å². The molecule has 1 saturated heterocycles. The Morgan fingerprint density at radius 1 is 1.15 bits per heavy atom. The van der Waals surface area contributed by atoms with E-state index in [1.54, 1.807) is 30.8 Å². The fourth-order valence-corrected chi connectivity index (χ4v) is 4.45. The summed E-state index contributed by atoms with van der Waals surface area (Å²) in [5, 5.41) is 3.35. The molecule has 1 fully saturated rings. The molecular weight excluding hydrogens is 412 g/mol. The third-order valence-corrected chi connectivity index (χ3v) is 6.06. The maximum Gasteiger partial charge on any atom is 0.225 e. The second kappa shape index (κ2) is 7.72. The van der Waals surface area contributed by atoms with E-state index in [-0.39, 0.29) is 0 Å². The van der Waals surface area contributed by atoms with Crippen molar-refractivity contribution >= 4 is 33.2 Å². The minimum atomic E-state index is 0.496. The molecule has 134 valence electrons. The lowest BCUT2D eigenvalue weighted by atomic mass is 9.98. The van der Waals surface area contributed by atoms with Crippen LogP contribution >= 0.6 is 27.3 Å². The Labute approximate surface area is 165 Å². The number of aromatic nitrogens is 3. The first-order valence-corrected chi connectivity index (χ1v) is 10.2. The van der Waals surface area contributed by atoms with Gasteiger partial charge in [0.15, 0.2) is 0 Å². The smallest absolute Gasteiger partial charge is 0.225 e. The van der Waals surface area contributed by atoms with Crippen molar-refractivity contribution < 1.29 is 4.74 Å². The normalized spacial score (nSPS) is 15.2. The van der Waals surface area contributed by atoms with Crippen LogP contribution < -0.4 is 9.64 Å². The van der Waals surface area contributed by atoms with Gasteiger partial charge in [0, 0.05) is 42.3 Å². The third-order valence-electron chi connectivity index (χ3n) is 4.64. The highest BCUT2D eigenvalue weighted by atomic mass is 79.9. The lowest BCUT2D eigenvalue weighted by molar-refractivity contribution is 0.416. The number of rotatable bonds is 4. The van der Waals surface area contributed by atoms with Crippen LogP contribution in [0.3, 0.4) is 0 Å². The van der Waals surface area contributed by atoms with E-state index in [9.17, 15) is 0 Å². The Hall–Kier alpha value is -1.99. The molecule has 0 saturated carbocycles. The van der Waals surface area contributed by atoms with E-state index in [4.69, 9.17) is 9.72 Å². The lowest BCUT2D eigenvalue weighted by Gasteiger charge is -2.31. The molecule has 5 nitrogen and oxygen atoms in total. The Morgan fingerprint density at radius 3 is 2.62 bits per heavy atom. The Morgan fingerprint density at radius 2 is 1.88 bits per heavy atom. The number of hydrogen-bond acceptors (Lipinski definition) is 6. The van der Waals surface area contributed by atoms with E-state index in [1.165, 1.54) is 5.01 Å². The molecule has 1 aliphatic rings. The van der Waals surface area contributed by atoms with Gasteiger partial charge in [-0.15, -0.1) is 11.3 Å². The average Bonchev–Trinajstić information content (AvgIpc) is 3.19. The highest BCUT2D eigenvalue weighted by molar-refractivity contribution is 9.10. The number of anilines is 1. The number of thiazole rings is 1. The molecule has 0 bridgehead atoms. The van der Waals surface area contributed by atoms with Gasteiger partial charge in [0.1, 0.15) is 5.75 Å². The fraction of sp³-hybridized carbons (Fsp3) is 0.316. The van der Waals surface area contributed by atoms with Crippen molar-refractivity contribution in [3.63, 3.8) is 0 Å². The number of benzene rings is 1. The molecule has 26 heavy (non-hydrogen) atoms. The van der Waals surface area contributed by atoms with Gasteiger partial charge in [0.2, 0.25) is 5.95 Å². The zero-order valence-electron chi connectivity index (χ0n) is 14.4. The maximum atomic E-state index is 5.47. The van der Waals surface area contributed by atoms with Crippen LogP contribution in [0.4, 0.5) is 5.95 Å². The van der Waals surface area contributed by atoms with Crippen molar-refractivity contribution in [1.82, 2.24) is 15.0 Å². The van der Waals surface area contributed by atoms with Crippen LogP contribution in [0.1, 0.15) is 23.8 Å². The molecule has 0 radical (unpaired) electrons. The monoisotopic (exact) mass is 430 g/mol. The first-order chi connectivity index (χ1) is 12.7. The second-order valence-electron chi connectivity index (χ2n) is 6.23. The van der Waals surface area contributed by atoms with Gasteiger partial charge in [-0.1, -0.05) is 12.1 Å². The Bertz CT molecular complexity index is 875. The Balaban J connectivity index is 1.45. The average molecular weight is 431 g/mol. The summed E-state index contributed by atoms with van der Waals surface area (Å²) in [7, 11) is 1.70. The summed E-state index contributed by atoms with van der Waals surface area (Å²) in [5.74, 6) is 2.17. The summed E-state index contributed by atoms with van der Waals surface area (Å²) in [6.07, 6.45) is 5.74. The topological polar surface area (TPSA) is 51.1 Å². The van der Waals surface area contributed by atoms with Crippen LogP contribution in [0, 0.1) is 0 Å². The van der Waals surface area contributed by atoms with E-state index in [0.717, 1.165) is 53.4 Å². The highest BCUT2D eigenvalue weighted by Crippen LogP contribution is 2.36. The van der Waals surface area contributed by atoms with E-state index >= 15 is 0 Å². The summed E-state index contributed by atoms with van der Waals surface area (Å²) in [5.41, 5.74) is 2.05. The van der Waals surface area contributed by atoms with Crippen molar-refractivity contribution in [2.45, 2.75) is 18.8 Å². The zero-order chi connectivity index (χ0) is 17.9. The standard InChI is InChI=1S/C19H19BrN4OS/c1-25-17-5-3-2-4-15(17)16-12-26-18(23-16)13-6-8-24(9-7-13)19-21-10-14(20)11-22-19/h2-5,10-13H,6-9H2,1H3. The van der Waals surface area contributed by atoms with Gasteiger partial charge in [0.05, 0.1) is 22.3 Å². The van der Waals surface area contributed by atoms with Crippen LogP contribution in [-0.4, -0.2) is 35.2 Å². The summed E-state index contributed by atoms with van der Waals surface area (Å²) < 4.78 is 6.37. The summed E-state index contributed by atoms with van der Waals surface area (Å²) in [6.45, 7) is 1.91. The largest absolute Gasteiger partial charge is 0.496 e. The van der Waals surface area contributed by atoms with Crippen molar-refractivity contribution in [1.29, 1.82) is 0 Å². The van der Waals surface area contributed by atoms with Gasteiger partial charge in [-0.2, -0.15) is 0 Å². The molecule has 0 unspecified atom stereocenters. The SMILES string of the molecule is COc1ccccc1-c1csc(C2CCN(c3ncc(Br)cn3)CC2)n1. The number of piperidine rings is 1. The highest BCUT2D eigenvalue weighted by Gasteiger charge is 2.24. The fourth-order valence-electron chi connectivity index (χ4n) is 3.25. The second-order valence-corrected chi connectivity index (χ2v) is 8.04. The number of ether oxygens (including phenoxy) is 1. The first kappa shape index (κ1) is 17.4. The van der Waals surface area contributed by atoms with E-state index in [1.807, 2.05) is 18.2 Å². The van der Waals surface area contributed by atoms with Gasteiger partial charge in [-0.25, -0.2) is 15.0 Å². The van der Waals surface area contributed by atoms with Crippen molar-refractivity contribution in [3.8, 4) is 17.0 Å². The minimum absolute atomic E-state index is 0.496. The van der Waals surface area contributed by atoms with Crippen LogP contribution in [0.25, 0.3) is 11.3 Å². The van der Waals surface area contributed by atoms with E-state index in [2.05, 4.69) is 42.2 Å². The quantitative estimate of drug-likeness (QED) is 0.597. The molecule has 0 aliphatic carbocycles. The van der Waals surface area contributed by atoms with Crippen LogP contribution in [0.15, 0.2) is 46.5 Å². The van der Waals surface area contributed by atoms with Crippen LogP contribution in [-0.2, 0) is 0 Å². The van der Waals surface area contributed by atoms with Crippen molar-refractivity contribution in [2.75, 3.05) is 25.1 Å². The van der Waals surface area contributed by atoms with Crippen LogP contribution in [0.5, 0.6) is 5.75 Å². The summed E-state index contributed by atoms with van der Waals surface area (Å²) in [6, 6.07) is 8.04. The number of nitrogens with zero attached hydrogens (tertiary/aromatic N) is 4. The molecular formula is C19H19BrN4OS. The van der Waals surface area contributed by atoms with E-state index < -0.39 is 0 Å². The van der Waals surface area contributed by atoms with Gasteiger partial charge in [-0.05, 0) is 40.9 Å². The first-order valence-electron chi connectivity index (χ1n) is 8.56. The molecule has 4 rings (SSSR count). The zero-order valence-corrected chi connectivity index (χ0v) is 16.8. The maximum absolute atomic E-state index is 5.47. The summed E-state index contributed by atoms with van der Waals surface area (Å²) >= 11 is 5.13. The molecule has 3 aromatic rings. The van der Waals surface area contributed by atoms with Gasteiger partial charge in [0.25, 0.3) is 0 Å². The molecule has 7 heteroatoms. The van der Waals surface area contributed by atoms with Gasteiger partial charge in [-0.3, -0.25) is 0 Å². The number of para-hydroxylation sites is 1.